The Morgan fingerprint density at radius 3 is 2.87 bits per heavy atom. The summed E-state index contributed by atoms with van der Waals surface area (Å²) < 4.78 is 13.9. The van der Waals surface area contributed by atoms with E-state index in [-0.39, 0.29) is 29.5 Å². The highest BCUT2D eigenvalue weighted by molar-refractivity contribution is 6.04. The molecule has 2 atom stereocenters. The first-order chi connectivity index (χ1) is 14.5. The summed E-state index contributed by atoms with van der Waals surface area (Å²) in [5.41, 5.74) is -0.378. The number of nitrogens with zero attached hydrogens (tertiary/aromatic N) is 2. The van der Waals surface area contributed by atoms with Gasteiger partial charge < -0.3 is 15.5 Å². The quantitative estimate of drug-likeness (QED) is 0.715. The Bertz CT molecular complexity index is 1040. The number of piperidine rings is 1. The molecule has 3 N–H and O–H groups in total. The van der Waals surface area contributed by atoms with Crippen LogP contribution in [0.15, 0.2) is 29.1 Å². The molecule has 2 unspecified atom stereocenters. The van der Waals surface area contributed by atoms with Crippen molar-refractivity contribution in [2.24, 2.45) is 0 Å². The second kappa shape index (κ2) is 8.25. The molecular formula is C21H24FN5O3. The molecule has 4 rings (SSSR count). The summed E-state index contributed by atoms with van der Waals surface area (Å²) in [6, 6.07) is 6.00. The number of aromatic nitrogens is 2. The molecule has 1 fully saturated rings. The number of nitrogens with one attached hydrogen (secondary N) is 3. The smallest absolute Gasteiger partial charge is 0.258 e. The molecule has 2 aromatic rings. The summed E-state index contributed by atoms with van der Waals surface area (Å²) in [7, 11) is 0. The SMILES string of the molecule is CCC1CCCCN1c1nc2c(c(=O)[nH]1)C(C(=O)Nc1ccccc1F)CC(=O)N2. The number of carbonyl (C=O) groups is 2. The van der Waals surface area contributed by atoms with Gasteiger partial charge >= 0.3 is 0 Å². The minimum absolute atomic E-state index is 0.00450. The standard InChI is InChI=1S/C21H24FN5O3/c1-2-12-7-5-6-10-27(12)21-25-18-17(20(30)26-21)13(11-16(28)24-18)19(29)23-15-9-4-3-8-14(15)22/h3-4,8-9,12-13H,2,5-7,10-11H2,1H3,(H,23,29)(H2,24,25,26,28,30). The van der Waals surface area contributed by atoms with Crippen LogP contribution in [0.1, 0.15) is 50.5 Å². The largest absolute Gasteiger partial charge is 0.339 e. The lowest BCUT2D eigenvalue weighted by Crippen LogP contribution is -2.43. The number of carbonyl (C=O) groups excluding carboxylic acids is 2. The Morgan fingerprint density at radius 2 is 2.10 bits per heavy atom. The van der Waals surface area contributed by atoms with Crippen molar-refractivity contribution in [3.8, 4) is 0 Å². The van der Waals surface area contributed by atoms with Crippen LogP contribution in [0.25, 0.3) is 0 Å². The number of aromatic amines is 1. The third kappa shape index (κ3) is 3.79. The van der Waals surface area contributed by atoms with Gasteiger partial charge in [0.15, 0.2) is 0 Å². The van der Waals surface area contributed by atoms with E-state index in [2.05, 4.69) is 32.4 Å². The number of hydrogen-bond acceptors (Lipinski definition) is 5. The molecule has 1 aromatic carbocycles. The van der Waals surface area contributed by atoms with Gasteiger partial charge in [0.1, 0.15) is 11.6 Å². The van der Waals surface area contributed by atoms with E-state index in [4.69, 9.17) is 0 Å². The van der Waals surface area contributed by atoms with E-state index in [0.29, 0.717) is 5.95 Å². The first-order valence-electron chi connectivity index (χ1n) is 10.2. The van der Waals surface area contributed by atoms with E-state index in [1.54, 1.807) is 6.07 Å². The average molecular weight is 413 g/mol. The molecule has 0 aliphatic carbocycles. The highest BCUT2D eigenvalue weighted by Crippen LogP contribution is 2.32. The fraction of sp³-hybridized carbons (Fsp3) is 0.429. The number of H-pyrrole nitrogens is 1. The Hall–Kier alpha value is -3.23. The minimum atomic E-state index is -1.05. The fourth-order valence-corrected chi connectivity index (χ4v) is 4.21. The van der Waals surface area contributed by atoms with Crippen molar-refractivity contribution < 1.29 is 14.0 Å². The van der Waals surface area contributed by atoms with Crippen LogP contribution in [0.4, 0.5) is 21.8 Å². The van der Waals surface area contributed by atoms with Gasteiger partial charge in [0.05, 0.1) is 17.2 Å². The van der Waals surface area contributed by atoms with Gasteiger partial charge in [0.2, 0.25) is 17.8 Å². The summed E-state index contributed by atoms with van der Waals surface area (Å²) in [4.78, 5) is 47.3. The van der Waals surface area contributed by atoms with Gasteiger partial charge in [-0.25, -0.2) is 4.39 Å². The van der Waals surface area contributed by atoms with Crippen molar-refractivity contribution in [3.63, 3.8) is 0 Å². The van der Waals surface area contributed by atoms with Gasteiger partial charge in [-0.1, -0.05) is 19.1 Å². The van der Waals surface area contributed by atoms with Crippen LogP contribution in [0.5, 0.6) is 0 Å². The van der Waals surface area contributed by atoms with Crippen molar-refractivity contribution >= 4 is 29.3 Å². The maximum absolute atomic E-state index is 13.9. The maximum Gasteiger partial charge on any atom is 0.258 e. The van der Waals surface area contributed by atoms with Gasteiger partial charge in [-0.2, -0.15) is 4.98 Å². The van der Waals surface area contributed by atoms with Crippen LogP contribution >= 0.6 is 0 Å². The molecule has 158 valence electrons. The molecule has 9 heteroatoms. The highest BCUT2D eigenvalue weighted by Gasteiger charge is 2.36. The summed E-state index contributed by atoms with van der Waals surface area (Å²) >= 11 is 0. The molecule has 0 radical (unpaired) electrons. The number of rotatable bonds is 4. The summed E-state index contributed by atoms with van der Waals surface area (Å²) in [6.45, 7) is 2.86. The van der Waals surface area contributed by atoms with Crippen LogP contribution < -0.4 is 21.1 Å². The van der Waals surface area contributed by atoms with E-state index in [9.17, 15) is 18.8 Å². The number of hydrogen-bond donors (Lipinski definition) is 3. The number of amides is 2. The number of fused-ring (bicyclic) bond motifs is 1. The molecule has 2 aliphatic rings. The molecule has 1 aromatic heterocycles. The Morgan fingerprint density at radius 1 is 1.30 bits per heavy atom. The molecule has 2 amide bonds. The second-order valence-electron chi connectivity index (χ2n) is 7.68. The normalized spacial score (nSPS) is 21.0. The zero-order chi connectivity index (χ0) is 21.3. The molecule has 2 aliphatic heterocycles. The zero-order valence-corrected chi connectivity index (χ0v) is 16.7. The first kappa shape index (κ1) is 20.1. The third-order valence-electron chi connectivity index (χ3n) is 5.76. The molecule has 1 saturated heterocycles. The predicted molar refractivity (Wildman–Crippen MR) is 111 cm³/mol. The summed E-state index contributed by atoms with van der Waals surface area (Å²) in [5.74, 6) is -2.18. The van der Waals surface area contributed by atoms with E-state index in [0.717, 1.165) is 32.2 Å². The number of para-hydroxylation sites is 1. The molecular weight excluding hydrogens is 389 g/mol. The van der Waals surface area contributed by atoms with Crippen LogP contribution in [-0.2, 0) is 9.59 Å². The van der Waals surface area contributed by atoms with Crippen molar-refractivity contribution in [1.82, 2.24) is 9.97 Å². The number of benzene rings is 1. The van der Waals surface area contributed by atoms with Crippen LogP contribution in [0.3, 0.4) is 0 Å². The van der Waals surface area contributed by atoms with Gasteiger partial charge in [-0.15, -0.1) is 0 Å². The lowest BCUT2D eigenvalue weighted by molar-refractivity contribution is -0.123. The topological polar surface area (TPSA) is 107 Å². The lowest BCUT2D eigenvalue weighted by atomic mass is 9.92. The predicted octanol–water partition coefficient (Wildman–Crippen LogP) is 2.74. The Kier molecular flexibility index (Phi) is 5.52. The molecule has 3 heterocycles. The van der Waals surface area contributed by atoms with Crippen molar-refractivity contribution in [2.45, 2.75) is 51.0 Å². The molecule has 0 spiro atoms. The van der Waals surface area contributed by atoms with E-state index in [1.807, 2.05) is 0 Å². The number of anilines is 3. The molecule has 0 saturated carbocycles. The Balaban J connectivity index is 1.67. The fourth-order valence-electron chi connectivity index (χ4n) is 4.21. The van der Waals surface area contributed by atoms with Crippen LogP contribution in [0.2, 0.25) is 0 Å². The maximum atomic E-state index is 13.9. The lowest BCUT2D eigenvalue weighted by Gasteiger charge is -2.36. The monoisotopic (exact) mass is 413 g/mol. The van der Waals surface area contributed by atoms with Gasteiger partial charge in [-0.3, -0.25) is 19.4 Å². The van der Waals surface area contributed by atoms with E-state index in [1.165, 1.54) is 18.2 Å². The van der Waals surface area contributed by atoms with Crippen molar-refractivity contribution in [1.29, 1.82) is 0 Å². The van der Waals surface area contributed by atoms with E-state index >= 15 is 0 Å². The zero-order valence-electron chi connectivity index (χ0n) is 16.7. The van der Waals surface area contributed by atoms with Crippen molar-refractivity contribution in [2.75, 3.05) is 22.1 Å². The Labute approximate surface area is 172 Å². The van der Waals surface area contributed by atoms with Gasteiger partial charge in [0, 0.05) is 19.0 Å². The van der Waals surface area contributed by atoms with Gasteiger partial charge in [-0.05, 0) is 37.8 Å². The van der Waals surface area contributed by atoms with Crippen LogP contribution in [-0.4, -0.2) is 34.4 Å². The van der Waals surface area contributed by atoms with Gasteiger partial charge in [0.25, 0.3) is 5.56 Å². The molecule has 30 heavy (non-hydrogen) atoms. The summed E-state index contributed by atoms with van der Waals surface area (Å²) in [5, 5.41) is 5.10. The summed E-state index contributed by atoms with van der Waals surface area (Å²) in [6.07, 6.45) is 3.84. The van der Waals surface area contributed by atoms with Crippen molar-refractivity contribution in [3.05, 3.63) is 46.0 Å². The first-order valence-corrected chi connectivity index (χ1v) is 10.2. The third-order valence-corrected chi connectivity index (χ3v) is 5.76. The molecule has 0 bridgehead atoms. The van der Waals surface area contributed by atoms with Crippen LogP contribution in [0, 0.1) is 5.82 Å². The number of halogens is 1. The highest BCUT2D eigenvalue weighted by atomic mass is 19.1. The molecule has 8 nitrogen and oxygen atoms in total. The second-order valence-corrected chi connectivity index (χ2v) is 7.68. The minimum Gasteiger partial charge on any atom is -0.339 e. The van der Waals surface area contributed by atoms with E-state index < -0.39 is 29.1 Å². The average Bonchev–Trinajstić information content (AvgIpc) is 2.74.